The minimum atomic E-state index is -0.296. The van der Waals surface area contributed by atoms with Crippen LogP contribution < -0.4 is 16.0 Å². The number of nitrogens with two attached hydrogens (primary N) is 1. The van der Waals surface area contributed by atoms with E-state index in [-0.39, 0.29) is 11.6 Å². The van der Waals surface area contributed by atoms with Crippen molar-refractivity contribution < 1.29 is 14.2 Å². The summed E-state index contributed by atoms with van der Waals surface area (Å²) in [7, 11) is 1.66. The number of para-hydroxylation sites is 1. The highest BCUT2D eigenvalue weighted by Crippen LogP contribution is 2.40. The summed E-state index contributed by atoms with van der Waals surface area (Å²) < 4.78 is 16.7. The molecule has 3 N–H and O–H groups in total. The maximum atomic E-state index is 5.91. The van der Waals surface area contributed by atoms with Crippen LogP contribution in [0.4, 0.5) is 0 Å². The van der Waals surface area contributed by atoms with E-state index in [0.717, 1.165) is 30.8 Å². The normalized spacial score (nSPS) is 23.8. The Morgan fingerprint density at radius 2 is 2.20 bits per heavy atom. The van der Waals surface area contributed by atoms with Crippen LogP contribution in [0.1, 0.15) is 31.4 Å². The smallest absolute Gasteiger partial charge is 0.124 e. The van der Waals surface area contributed by atoms with Crippen molar-refractivity contribution in [2.75, 3.05) is 26.9 Å². The Balaban J connectivity index is 2.20. The summed E-state index contributed by atoms with van der Waals surface area (Å²) in [5.74, 6) is 6.61. The molecule has 1 fully saturated rings. The first-order chi connectivity index (χ1) is 9.71. The quantitative estimate of drug-likeness (QED) is 0.453. The van der Waals surface area contributed by atoms with Crippen LogP contribution in [0.25, 0.3) is 0 Å². The third kappa shape index (κ3) is 3.30. The number of benzene rings is 1. The van der Waals surface area contributed by atoms with Crippen LogP contribution >= 0.6 is 0 Å². The van der Waals surface area contributed by atoms with Crippen molar-refractivity contribution >= 4 is 0 Å². The lowest BCUT2D eigenvalue weighted by atomic mass is 9.87. The van der Waals surface area contributed by atoms with Gasteiger partial charge in [0.1, 0.15) is 12.4 Å². The Morgan fingerprint density at radius 1 is 1.40 bits per heavy atom. The van der Waals surface area contributed by atoms with Gasteiger partial charge in [0.25, 0.3) is 0 Å². The van der Waals surface area contributed by atoms with Crippen molar-refractivity contribution in [2.24, 2.45) is 5.84 Å². The van der Waals surface area contributed by atoms with Gasteiger partial charge in [-0.3, -0.25) is 5.84 Å². The molecular weight excluding hydrogens is 256 g/mol. The fourth-order valence-electron chi connectivity index (χ4n) is 2.71. The van der Waals surface area contributed by atoms with Crippen LogP contribution in [0.5, 0.6) is 5.75 Å². The van der Waals surface area contributed by atoms with E-state index in [1.165, 1.54) is 0 Å². The number of ether oxygens (including phenoxy) is 3. The zero-order valence-corrected chi connectivity index (χ0v) is 12.2. The van der Waals surface area contributed by atoms with E-state index in [1.807, 2.05) is 24.3 Å². The van der Waals surface area contributed by atoms with Gasteiger partial charge in [-0.15, -0.1) is 0 Å². The van der Waals surface area contributed by atoms with Gasteiger partial charge in [0, 0.05) is 19.3 Å². The monoisotopic (exact) mass is 280 g/mol. The second kappa shape index (κ2) is 7.04. The summed E-state index contributed by atoms with van der Waals surface area (Å²) in [6.07, 6.45) is 2.04. The molecule has 2 rings (SSSR count). The summed E-state index contributed by atoms with van der Waals surface area (Å²) in [5.41, 5.74) is 3.62. The van der Waals surface area contributed by atoms with E-state index in [9.17, 15) is 0 Å². The van der Waals surface area contributed by atoms with Crippen molar-refractivity contribution in [3.05, 3.63) is 29.8 Å². The van der Waals surface area contributed by atoms with E-state index in [0.29, 0.717) is 13.2 Å². The highest BCUT2D eigenvalue weighted by atomic mass is 16.5. The highest BCUT2D eigenvalue weighted by molar-refractivity contribution is 5.37. The minimum Gasteiger partial charge on any atom is -0.491 e. The largest absolute Gasteiger partial charge is 0.491 e. The summed E-state index contributed by atoms with van der Waals surface area (Å²) in [6, 6.07) is 7.83. The zero-order chi connectivity index (χ0) is 14.4. The Morgan fingerprint density at radius 3 is 2.85 bits per heavy atom. The molecule has 1 aromatic rings. The van der Waals surface area contributed by atoms with Gasteiger partial charge >= 0.3 is 0 Å². The van der Waals surface area contributed by atoms with Gasteiger partial charge in [-0.05, 0) is 25.8 Å². The van der Waals surface area contributed by atoms with Gasteiger partial charge in [-0.1, -0.05) is 18.2 Å². The van der Waals surface area contributed by atoms with Gasteiger partial charge in [0.2, 0.25) is 0 Å². The lowest BCUT2D eigenvalue weighted by Gasteiger charge is -2.34. The lowest BCUT2D eigenvalue weighted by molar-refractivity contribution is -0.0133. The van der Waals surface area contributed by atoms with Crippen LogP contribution in [0.2, 0.25) is 0 Å². The highest BCUT2D eigenvalue weighted by Gasteiger charge is 2.40. The average molecular weight is 280 g/mol. The number of hydrogen-bond acceptors (Lipinski definition) is 5. The second-order valence-electron chi connectivity index (χ2n) is 5.24. The molecule has 2 unspecified atom stereocenters. The number of nitrogens with one attached hydrogen (secondary N) is 1. The fraction of sp³-hybridized carbons (Fsp3) is 0.600. The first-order valence-corrected chi connectivity index (χ1v) is 7.02. The molecule has 0 bridgehead atoms. The van der Waals surface area contributed by atoms with Crippen molar-refractivity contribution in [3.8, 4) is 5.75 Å². The molecule has 0 aromatic heterocycles. The van der Waals surface area contributed by atoms with Crippen molar-refractivity contribution in [1.82, 2.24) is 5.43 Å². The SMILES string of the molecule is COCCOc1ccccc1C(NN)C1(C)CCCO1. The minimum absolute atomic E-state index is 0.0938. The molecule has 1 aliphatic rings. The molecule has 1 aromatic carbocycles. The number of methoxy groups -OCH3 is 1. The molecule has 0 aliphatic carbocycles. The van der Waals surface area contributed by atoms with E-state index in [1.54, 1.807) is 7.11 Å². The summed E-state index contributed by atoms with van der Waals surface area (Å²) >= 11 is 0. The molecule has 0 radical (unpaired) electrons. The fourth-order valence-corrected chi connectivity index (χ4v) is 2.71. The van der Waals surface area contributed by atoms with Crippen molar-refractivity contribution in [2.45, 2.75) is 31.4 Å². The predicted molar refractivity (Wildman–Crippen MR) is 77.5 cm³/mol. The Hall–Kier alpha value is -1.14. The zero-order valence-electron chi connectivity index (χ0n) is 12.2. The van der Waals surface area contributed by atoms with Crippen molar-refractivity contribution in [1.29, 1.82) is 0 Å². The number of rotatable bonds is 7. The molecule has 5 heteroatoms. The Kier molecular flexibility index (Phi) is 5.37. The van der Waals surface area contributed by atoms with Gasteiger partial charge in [0.15, 0.2) is 0 Å². The van der Waals surface area contributed by atoms with Crippen LogP contribution in [0, 0.1) is 0 Å². The maximum Gasteiger partial charge on any atom is 0.124 e. The Bertz CT molecular complexity index is 419. The number of hydrazine groups is 1. The van der Waals surface area contributed by atoms with E-state index in [4.69, 9.17) is 20.1 Å². The van der Waals surface area contributed by atoms with Crippen molar-refractivity contribution in [3.63, 3.8) is 0 Å². The summed E-state index contributed by atoms with van der Waals surface area (Å²) in [6.45, 7) is 3.95. The molecule has 1 heterocycles. The van der Waals surface area contributed by atoms with Gasteiger partial charge in [-0.2, -0.15) is 0 Å². The molecule has 0 amide bonds. The average Bonchev–Trinajstić information content (AvgIpc) is 2.89. The molecule has 20 heavy (non-hydrogen) atoms. The third-order valence-electron chi connectivity index (χ3n) is 3.80. The van der Waals surface area contributed by atoms with Crippen LogP contribution in [0.15, 0.2) is 24.3 Å². The number of hydrogen-bond donors (Lipinski definition) is 2. The first kappa shape index (κ1) is 15.3. The molecule has 0 spiro atoms. The van der Waals surface area contributed by atoms with Gasteiger partial charge in [-0.25, -0.2) is 5.43 Å². The van der Waals surface area contributed by atoms with Crippen LogP contribution in [0.3, 0.4) is 0 Å². The van der Waals surface area contributed by atoms with Gasteiger partial charge < -0.3 is 14.2 Å². The molecule has 1 aliphatic heterocycles. The molecule has 1 saturated heterocycles. The van der Waals surface area contributed by atoms with Gasteiger partial charge in [0.05, 0.1) is 18.2 Å². The predicted octanol–water partition coefficient (Wildman–Crippen LogP) is 1.79. The first-order valence-electron chi connectivity index (χ1n) is 7.02. The molecule has 112 valence electrons. The van der Waals surface area contributed by atoms with E-state index < -0.39 is 0 Å². The molecular formula is C15H24N2O3. The summed E-state index contributed by atoms with van der Waals surface area (Å²) in [5, 5.41) is 0. The standard InChI is InChI=1S/C15H24N2O3/c1-15(8-5-9-20-15)14(17-16)12-6-3-4-7-13(12)19-11-10-18-2/h3-4,6-7,14,17H,5,8-11,16H2,1-2H3. The van der Waals surface area contributed by atoms with E-state index in [2.05, 4.69) is 12.3 Å². The Labute approximate surface area is 120 Å². The second-order valence-corrected chi connectivity index (χ2v) is 5.24. The van der Waals surface area contributed by atoms with Crippen LogP contribution in [-0.2, 0) is 9.47 Å². The summed E-state index contributed by atoms with van der Waals surface area (Å²) in [4.78, 5) is 0. The lowest BCUT2D eigenvalue weighted by Crippen LogP contribution is -2.44. The van der Waals surface area contributed by atoms with Crippen LogP contribution in [-0.4, -0.2) is 32.5 Å². The van der Waals surface area contributed by atoms with E-state index >= 15 is 0 Å². The third-order valence-corrected chi connectivity index (χ3v) is 3.80. The molecule has 5 nitrogen and oxygen atoms in total. The molecule has 2 atom stereocenters. The topological polar surface area (TPSA) is 65.7 Å². The maximum absolute atomic E-state index is 5.91. The molecule has 0 saturated carbocycles.